The molecule has 0 radical (unpaired) electrons. The molecule has 0 spiro atoms. The molecule has 0 unspecified atom stereocenters. The average molecular weight is 233 g/mol. The van der Waals surface area contributed by atoms with Crippen molar-refractivity contribution in [1.29, 1.82) is 5.41 Å². The maximum absolute atomic E-state index is 7.39. The lowest BCUT2D eigenvalue weighted by Gasteiger charge is -2.05. The quantitative estimate of drug-likeness (QED) is 0.569. The fourth-order valence-corrected chi connectivity index (χ4v) is 1.16. The van der Waals surface area contributed by atoms with E-state index >= 15 is 0 Å². The van der Waals surface area contributed by atoms with Crippen molar-refractivity contribution in [2.24, 2.45) is 12.8 Å². The number of aromatic nitrogens is 5. The van der Waals surface area contributed by atoms with E-state index in [9.17, 15) is 0 Å². The zero-order valence-corrected chi connectivity index (χ0v) is 9.38. The molecule has 2 aromatic rings. The first-order valence-corrected chi connectivity index (χ1v) is 4.78. The molecule has 2 heterocycles. The van der Waals surface area contributed by atoms with Crippen LogP contribution in [0, 0.1) is 12.3 Å². The topological polar surface area (TPSA) is 116 Å². The Balaban J connectivity index is 2.37. The van der Waals surface area contributed by atoms with Gasteiger partial charge in [-0.15, -0.1) is 5.10 Å². The Morgan fingerprint density at radius 2 is 2.24 bits per heavy atom. The summed E-state index contributed by atoms with van der Waals surface area (Å²) in [5.41, 5.74) is 5.71. The number of hydrogen-bond acceptors (Lipinski definition) is 6. The summed E-state index contributed by atoms with van der Waals surface area (Å²) < 4.78 is 6.85. The number of ether oxygens (including phenoxy) is 1. The Kier molecular flexibility index (Phi) is 2.69. The van der Waals surface area contributed by atoms with Crippen LogP contribution in [0.15, 0.2) is 12.5 Å². The molecule has 88 valence electrons. The Labute approximate surface area is 97.0 Å². The molecule has 8 heteroatoms. The second-order valence-corrected chi connectivity index (χ2v) is 3.35. The highest BCUT2D eigenvalue weighted by atomic mass is 16.5. The van der Waals surface area contributed by atoms with Gasteiger partial charge in [-0.2, -0.15) is 9.97 Å². The van der Waals surface area contributed by atoms with Gasteiger partial charge >= 0.3 is 6.01 Å². The van der Waals surface area contributed by atoms with Crippen molar-refractivity contribution in [3.8, 4) is 11.9 Å². The monoisotopic (exact) mass is 233 g/mol. The minimum absolute atomic E-state index is 0.146. The van der Waals surface area contributed by atoms with Crippen LogP contribution >= 0.6 is 0 Å². The molecule has 0 atom stereocenters. The van der Waals surface area contributed by atoms with Crippen molar-refractivity contribution >= 4 is 5.84 Å². The fraction of sp³-hybridized carbons (Fsp3) is 0.222. The van der Waals surface area contributed by atoms with Gasteiger partial charge in [0, 0.05) is 13.2 Å². The second-order valence-electron chi connectivity index (χ2n) is 3.35. The molecule has 2 aromatic heterocycles. The molecule has 0 aliphatic carbocycles. The standard InChI is InChI=1S/C9H11N7O/c1-5-12-3-6(7(10)11)8(14-5)17-9-13-4-16(2)15-9/h3-4H,1-2H3,(H3,10,11). The van der Waals surface area contributed by atoms with E-state index in [4.69, 9.17) is 15.9 Å². The van der Waals surface area contributed by atoms with Crippen LogP contribution in [-0.4, -0.2) is 30.6 Å². The van der Waals surface area contributed by atoms with Gasteiger partial charge in [-0.1, -0.05) is 0 Å². The van der Waals surface area contributed by atoms with Gasteiger partial charge in [0.05, 0.1) is 5.56 Å². The highest BCUT2D eigenvalue weighted by Crippen LogP contribution is 2.18. The van der Waals surface area contributed by atoms with Crippen LogP contribution in [0.1, 0.15) is 11.4 Å². The van der Waals surface area contributed by atoms with Crippen LogP contribution in [-0.2, 0) is 7.05 Å². The Morgan fingerprint density at radius 3 is 2.82 bits per heavy atom. The predicted molar refractivity (Wildman–Crippen MR) is 58.9 cm³/mol. The summed E-state index contributed by atoms with van der Waals surface area (Å²) in [6, 6.07) is 0.146. The zero-order valence-electron chi connectivity index (χ0n) is 9.38. The largest absolute Gasteiger partial charge is 0.403 e. The first-order valence-electron chi connectivity index (χ1n) is 4.78. The van der Waals surface area contributed by atoms with Crippen LogP contribution in [0.25, 0.3) is 0 Å². The highest BCUT2D eigenvalue weighted by Gasteiger charge is 2.12. The number of hydrogen-bond donors (Lipinski definition) is 2. The van der Waals surface area contributed by atoms with Gasteiger partial charge in [0.1, 0.15) is 18.0 Å². The maximum atomic E-state index is 7.39. The Bertz CT molecular complexity index is 562. The Morgan fingerprint density at radius 1 is 1.47 bits per heavy atom. The SMILES string of the molecule is Cc1ncc(C(=N)N)c(Oc2ncn(C)n2)n1. The number of nitrogens with one attached hydrogen (secondary N) is 1. The van der Waals surface area contributed by atoms with Gasteiger partial charge in [0.2, 0.25) is 5.88 Å². The third-order valence-electron chi connectivity index (χ3n) is 1.93. The van der Waals surface area contributed by atoms with Crippen molar-refractivity contribution in [3.05, 3.63) is 23.9 Å². The molecular weight excluding hydrogens is 222 g/mol. The molecule has 0 aliphatic heterocycles. The molecule has 17 heavy (non-hydrogen) atoms. The highest BCUT2D eigenvalue weighted by molar-refractivity contribution is 5.96. The molecule has 0 saturated heterocycles. The van der Waals surface area contributed by atoms with Crippen molar-refractivity contribution in [1.82, 2.24) is 24.7 Å². The predicted octanol–water partition coefficient (Wildman–Crippen LogP) is -0.0101. The molecule has 0 fully saturated rings. The molecule has 0 aliphatic rings. The van der Waals surface area contributed by atoms with Crippen LogP contribution < -0.4 is 10.5 Å². The van der Waals surface area contributed by atoms with Gasteiger partial charge < -0.3 is 10.5 Å². The van der Waals surface area contributed by atoms with Gasteiger partial charge in [-0.3, -0.25) is 10.1 Å². The molecule has 0 saturated carbocycles. The van der Waals surface area contributed by atoms with Gasteiger partial charge in [0.25, 0.3) is 0 Å². The van der Waals surface area contributed by atoms with E-state index in [0.29, 0.717) is 11.4 Å². The van der Waals surface area contributed by atoms with Crippen molar-refractivity contribution in [2.75, 3.05) is 0 Å². The molecule has 3 N–H and O–H groups in total. The number of nitrogen functional groups attached to an aromatic ring is 1. The molecule has 0 amide bonds. The van der Waals surface area contributed by atoms with E-state index in [0.717, 1.165) is 0 Å². The smallest absolute Gasteiger partial charge is 0.342 e. The fourth-order valence-electron chi connectivity index (χ4n) is 1.16. The lowest BCUT2D eigenvalue weighted by molar-refractivity contribution is 0.419. The average Bonchev–Trinajstić information content (AvgIpc) is 2.63. The maximum Gasteiger partial charge on any atom is 0.342 e. The second kappa shape index (κ2) is 4.16. The van der Waals surface area contributed by atoms with E-state index in [-0.39, 0.29) is 17.7 Å². The summed E-state index contributed by atoms with van der Waals surface area (Å²) in [7, 11) is 1.72. The number of aryl methyl sites for hydroxylation is 2. The minimum Gasteiger partial charge on any atom is -0.403 e. The number of rotatable bonds is 3. The summed E-state index contributed by atoms with van der Waals surface area (Å²) in [5.74, 6) is 0.521. The van der Waals surface area contributed by atoms with E-state index in [1.54, 1.807) is 14.0 Å². The van der Waals surface area contributed by atoms with Gasteiger partial charge in [0.15, 0.2) is 0 Å². The lowest BCUT2D eigenvalue weighted by atomic mass is 10.3. The van der Waals surface area contributed by atoms with Crippen molar-refractivity contribution in [3.63, 3.8) is 0 Å². The molecule has 2 rings (SSSR count). The van der Waals surface area contributed by atoms with Crippen molar-refractivity contribution < 1.29 is 4.74 Å². The summed E-state index contributed by atoms with van der Waals surface area (Å²) in [6.45, 7) is 1.71. The van der Waals surface area contributed by atoms with Crippen molar-refractivity contribution in [2.45, 2.75) is 6.92 Å². The van der Waals surface area contributed by atoms with Crippen LogP contribution in [0.5, 0.6) is 11.9 Å². The van der Waals surface area contributed by atoms with Crippen LogP contribution in [0.2, 0.25) is 0 Å². The molecule has 8 nitrogen and oxygen atoms in total. The van der Waals surface area contributed by atoms with Gasteiger partial charge in [-0.25, -0.2) is 4.98 Å². The van der Waals surface area contributed by atoms with E-state index in [1.165, 1.54) is 17.2 Å². The lowest BCUT2D eigenvalue weighted by Crippen LogP contribution is -2.14. The van der Waals surface area contributed by atoms with Crippen LogP contribution in [0.4, 0.5) is 0 Å². The number of nitrogens with two attached hydrogens (primary N) is 1. The van der Waals surface area contributed by atoms with E-state index in [1.807, 2.05) is 0 Å². The molecular formula is C9H11N7O. The first kappa shape index (κ1) is 11.0. The summed E-state index contributed by atoms with van der Waals surface area (Å²) in [6.07, 6.45) is 2.93. The van der Waals surface area contributed by atoms with Crippen LogP contribution in [0.3, 0.4) is 0 Å². The van der Waals surface area contributed by atoms with Gasteiger partial charge in [-0.05, 0) is 6.92 Å². The van der Waals surface area contributed by atoms with E-state index < -0.39 is 0 Å². The Hall–Kier alpha value is -2.51. The normalized spacial score (nSPS) is 10.2. The summed E-state index contributed by atoms with van der Waals surface area (Å²) >= 11 is 0. The third-order valence-corrected chi connectivity index (χ3v) is 1.93. The third kappa shape index (κ3) is 2.36. The summed E-state index contributed by atoms with van der Waals surface area (Å²) in [4.78, 5) is 11.9. The molecule has 0 bridgehead atoms. The molecule has 0 aromatic carbocycles. The number of nitrogens with zero attached hydrogens (tertiary/aromatic N) is 5. The summed E-state index contributed by atoms with van der Waals surface area (Å²) in [5, 5.41) is 11.3. The first-order chi connectivity index (χ1) is 8.06. The minimum atomic E-state index is -0.170. The van der Waals surface area contributed by atoms with E-state index in [2.05, 4.69) is 20.1 Å². The number of amidine groups is 1. The zero-order chi connectivity index (χ0) is 12.4.